The average molecular weight is 258 g/mol. The molecule has 15 heavy (non-hydrogen) atoms. The lowest BCUT2D eigenvalue weighted by atomic mass is 10.2. The molecule has 2 rings (SSSR count). The van der Waals surface area contributed by atoms with E-state index in [-0.39, 0.29) is 0 Å². The second kappa shape index (κ2) is 4.52. The number of aromatic nitrogens is 1. The van der Waals surface area contributed by atoms with Crippen molar-refractivity contribution in [1.82, 2.24) is 4.98 Å². The van der Waals surface area contributed by atoms with Gasteiger partial charge >= 0.3 is 0 Å². The Morgan fingerprint density at radius 2 is 2.13 bits per heavy atom. The summed E-state index contributed by atoms with van der Waals surface area (Å²) in [5.41, 5.74) is 2.00. The van der Waals surface area contributed by atoms with Crippen molar-refractivity contribution < 1.29 is 0 Å². The first kappa shape index (κ1) is 10.9. The van der Waals surface area contributed by atoms with Gasteiger partial charge in [0.2, 0.25) is 0 Å². The Morgan fingerprint density at radius 1 is 1.33 bits per heavy atom. The molecule has 2 aromatic rings. The van der Waals surface area contributed by atoms with Crippen molar-refractivity contribution in [2.45, 2.75) is 13.3 Å². The number of thiazole rings is 1. The van der Waals surface area contributed by atoms with Gasteiger partial charge in [0.05, 0.1) is 15.7 Å². The minimum absolute atomic E-state index is 0.572. The molecule has 1 nitrogen and oxygen atoms in total. The fourth-order valence-corrected chi connectivity index (χ4v) is 2.64. The normalized spacial score (nSPS) is 10.6. The Hall–Kier alpha value is -0.570. The van der Waals surface area contributed by atoms with Crippen molar-refractivity contribution in [2.75, 3.05) is 0 Å². The van der Waals surface area contributed by atoms with Crippen LogP contribution in [0.25, 0.3) is 10.6 Å². The second-order valence-electron chi connectivity index (χ2n) is 3.10. The summed E-state index contributed by atoms with van der Waals surface area (Å²) in [7, 11) is 0. The minimum atomic E-state index is 0.572. The molecule has 0 N–H and O–H groups in total. The number of halogens is 2. The van der Waals surface area contributed by atoms with E-state index < -0.39 is 0 Å². The van der Waals surface area contributed by atoms with Crippen LogP contribution in [0.15, 0.2) is 23.6 Å². The van der Waals surface area contributed by atoms with E-state index in [1.165, 1.54) is 0 Å². The van der Waals surface area contributed by atoms with Gasteiger partial charge < -0.3 is 0 Å². The van der Waals surface area contributed by atoms with Gasteiger partial charge in [0.1, 0.15) is 5.01 Å². The van der Waals surface area contributed by atoms with Crippen LogP contribution in [-0.4, -0.2) is 4.98 Å². The van der Waals surface area contributed by atoms with Crippen LogP contribution in [0.3, 0.4) is 0 Å². The zero-order valence-corrected chi connectivity index (χ0v) is 10.5. The Balaban J connectivity index is 2.49. The minimum Gasteiger partial charge on any atom is -0.241 e. The Labute approximate surface area is 103 Å². The summed E-state index contributed by atoms with van der Waals surface area (Å²) < 4.78 is 0. The van der Waals surface area contributed by atoms with Crippen LogP contribution in [-0.2, 0) is 6.42 Å². The lowest BCUT2D eigenvalue weighted by molar-refractivity contribution is 1.07. The van der Waals surface area contributed by atoms with Gasteiger partial charge in [-0.3, -0.25) is 0 Å². The molecule has 0 spiro atoms. The topological polar surface area (TPSA) is 12.9 Å². The van der Waals surface area contributed by atoms with Crippen molar-refractivity contribution >= 4 is 34.5 Å². The Morgan fingerprint density at radius 3 is 2.80 bits per heavy atom. The van der Waals surface area contributed by atoms with Crippen molar-refractivity contribution in [3.05, 3.63) is 39.3 Å². The van der Waals surface area contributed by atoms with Crippen LogP contribution >= 0.6 is 34.5 Å². The molecule has 1 heterocycles. The molecule has 0 saturated carbocycles. The summed E-state index contributed by atoms with van der Waals surface area (Å²) in [5, 5.41) is 4.13. The first-order valence-electron chi connectivity index (χ1n) is 4.61. The number of hydrogen-bond acceptors (Lipinski definition) is 2. The molecular formula is C11H9Cl2NS. The van der Waals surface area contributed by atoms with Gasteiger partial charge in [-0.15, -0.1) is 11.3 Å². The monoisotopic (exact) mass is 257 g/mol. The maximum Gasteiger partial charge on any atom is 0.125 e. The summed E-state index contributed by atoms with van der Waals surface area (Å²) in [5.74, 6) is 0. The molecule has 0 radical (unpaired) electrons. The summed E-state index contributed by atoms with van der Waals surface area (Å²) in [6.07, 6.45) is 0.939. The van der Waals surface area contributed by atoms with E-state index >= 15 is 0 Å². The molecule has 0 bridgehead atoms. The zero-order chi connectivity index (χ0) is 10.8. The number of aryl methyl sites for hydroxylation is 1. The van der Waals surface area contributed by atoms with Gasteiger partial charge in [0.15, 0.2) is 0 Å². The molecule has 0 aliphatic rings. The van der Waals surface area contributed by atoms with Gasteiger partial charge in [-0.05, 0) is 12.5 Å². The maximum absolute atomic E-state index is 6.11. The zero-order valence-electron chi connectivity index (χ0n) is 8.13. The van der Waals surface area contributed by atoms with Crippen LogP contribution in [0.1, 0.15) is 12.6 Å². The first-order valence-corrected chi connectivity index (χ1v) is 6.24. The highest BCUT2D eigenvalue weighted by Crippen LogP contribution is 2.34. The van der Waals surface area contributed by atoms with E-state index in [1.54, 1.807) is 17.4 Å². The molecule has 0 aliphatic heterocycles. The maximum atomic E-state index is 6.11. The van der Waals surface area contributed by atoms with Gasteiger partial charge in [-0.25, -0.2) is 4.98 Å². The largest absolute Gasteiger partial charge is 0.241 e. The third-order valence-corrected chi connectivity index (χ3v) is 3.84. The van der Waals surface area contributed by atoms with E-state index in [0.717, 1.165) is 22.7 Å². The lowest BCUT2D eigenvalue weighted by Gasteiger charge is -2.01. The summed E-state index contributed by atoms with van der Waals surface area (Å²) >= 11 is 13.7. The third-order valence-electron chi connectivity index (χ3n) is 2.10. The fourth-order valence-electron chi connectivity index (χ4n) is 1.26. The molecule has 0 fully saturated rings. The second-order valence-corrected chi connectivity index (χ2v) is 4.74. The van der Waals surface area contributed by atoms with E-state index in [2.05, 4.69) is 11.9 Å². The Kier molecular flexibility index (Phi) is 3.29. The van der Waals surface area contributed by atoms with Crippen molar-refractivity contribution in [3.63, 3.8) is 0 Å². The lowest BCUT2D eigenvalue weighted by Crippen LogP contribution is -1.82. The summed E-state index contributed by atoms with van der Waals surface area (Å²) in [6, 6.07) is 5.60. The Bertz CT molecular complexity index is 479. The van der Waals surface area contributed by atoms with Crippen LogP contribution in [0.2, 0.25) is 10.0 Å². The molecule has 0 unspecified atom stereocenters. The van der Waals surface area contributed by atoms with Crippen LogP contribution in [0.4, 0.5) is 0 Å². The standard InChI is InChI=1S/C11H9Cl2NS/c1-2-7-6-15-11(14-7)8-4-3-5-9(12)10(8)13/h3-6H,2H2,1H3. The van der Waals surface area contributed by atoms with Crippen molar-refractivity contribution in [3.8, 4) is 10.6 Å². The molecule has 1 aromatic carbocycles. The number of nitrogens with zero attached hydrogens (tertiary/aromatic N) is 1. The number of rotatable bonds is 2. The number of hydrogen-bond donors (Lipinski definition) is 0. The van der Waals surface area contributed by atoms with Gasteiger partial charge in [-0.2, -0.15) is 0 Å². The predicted molar refractivity (Wildman–Crippen MR) is 66.9 cm³/mol. The fraction of sp³-hybridized carbons (Fsp3) is 0.182. The first-order chi connectivity index (χ1) is 7.22. The smallest absolute Gasteiger partial charge is 0.125 e. The van der Waals surface area contributed by atoms with E-state index in [9.17, 15) is 0 Å². The molecule has 0 amide bonds. The number of benzene rings is 1. The van der Waals surface area contributed by atoms with Gasteiger partial charge in [0.25, 0.3) is 0 Å². The van der Waals surface area contributed by atoms with Crippen LogP contribution in [0, 0.1) is 0 Å². The molecule has 0 saturated heterocycles. The molecular weight excluding hydrogens is 249 g/mol. The van der Waals surface area contributed by atoms with Crippen molar-refractivity contribution in [2.24, 2.45) is 0 Å². The third kappa shape index (κ3) is 2.17. The summed E-state index contributed by atoms with van der Waals surface area (Å²) in [4.78, 5) is 4.48. The van der Waals surface area contributed by atoms with E-state index in [1.807, 2.05) is 17.5 Å². The highest BCUT2D eigenvalue weighted by molar-refractivity contribution is 7.13. The van der Waals surface area contributed by atoms with E-state index in [4.69, 9.17) is 23.2 Å². The SMILES string of the molecule is CCc1csc(-c2cccc(Cl)c2Cl)n1. The van der Waals surface area contributed by atoms with Gasteiger partial charge in [0, 0.05) is 10.9 Å². The molecule has 78 valence electrons. The van der Waals surface area contributed by atoms with Crippen molar-refractivity contribution in [1.29, 1.82) is 0 Å². The van der Waals surface area contributed by atoms with Crippen LogP contribution in [0.5, 0.6) is 0 Å². The van der Waals surface area contributed by atoms with Gasteiger partial charge in [-0.1, -0.05) is 42.3 Å². The van der Waals surface area contributed by atoms with Crippen LogP contribution < -0.4 is 0 Å². The highest BCUT2D eigenvalue weighted by atomic mass is 35.5. The molecule has 0 atom stereocenters. The summed E-state index contributed by atoms with van der Waals surface area (Å²) in [6.45, 7) is 2.08. The molecule has 0 aliphatic carbocycles. The molecule has 4 heteroatoms. The highest BCUT2D eigenvalue weighted by Gasteiger charge is 2.09. The quantitative estimate of drug-likeness (QED) is 0.762. The predicted octanol–water partition coefficient (Wildman–Crippen LogP) is 4.68. The average Bonchev–Trinajstić information content (AvgIpc) is 2.70. The van der Waals surface area contributed by atoms with E-state index in [0.29, 0.717) is 10.0 Å². The molecule has 1 aromatic heterocycles.